The number of rotatable bonds is 7. The van der Waals surface area contributed by atoms with Gasteiger partial charge in [0.25, 0.3) is 0 Å². The van der Waals surface area contributed by atoms with Gasteiger partial charge in [0.2, 0.25) is 0 Å². The summed E-state index contributed by atoms with van der Waals surface area (Å²) in [6, 6.07) is 0.688. The molecule has 0 aromatic carbocycles. The second-order valence-electron chi connectivity index (χ2n) is 7.57. The summed E-state index contributed by atoms with van der Waals surface area (Å²) in [4.78, 5) is 2.78. The number of piperazine rings is 1. The van der Waals surface area contributed by atoms with Gasteiger partial charge in [-0.05, 0) is 25.2 Å². The highest BCUT2D eigenvalue weighted by molar-refractivity contribution is 5.00. The molecule has 2 rings (SSSR count). The normalized spacial score (nSPS) is 26.6. The summed E-state index contributed by atoms with van der Waals surface area (Å²) in [7, 11) is 0. The van der Waals surface area contributed by atoms with Crippen molar-refractivity contribution in [2.24, 2.45) is 5.92 Å². The SMILES string of the molecule is CCCC1CN(CCOCC(C)C)C2(CCCCC2)CN1. The molecule has 1 saturated carbocycles. The molecule has 1 unspecified atom stereocenters. The molecule has 0 aromatic rings. The maximum absolute atomic E-state index is 5.86. The number of ether oxygens (including phenoxy) is 1. The van der Waals surface area contributed by atoms with Gasteiger partial charge in [-0.15, -0.1) is 0 Å². The molecule has 0 bridgehead atoms. The highest BCUT2D eigenvalue weighted by Gasteiger charge is 2.41. The van der Waals surface area contributed by atoms with E-state index in [4.69, 9.17) is 4.74 Å². The van der Waals surface area contributed by atoms with E-state index in [9.17, 15) is 0 Å². The summed E-state index contributed by atoms with van der Waals surface area (Å²) < 4.78 is 5.86. The van der Waals surface area contributed by atoms with Gasteiger partial charge >= 0.3 is 0 Å². The van der Waals surface area contributed by atoms with Crippen LogP contribution in [0.3, 0.4) is 0 Å². The predicted octanol–water partition coefficient (Wildman–Crippen LogP) is 3.44. The molecule has 0 amide bonds. The molecule has 21 heavy (non-hydrogen) atoms. The zero-order valence-corrected chi connectivity index (χ0v) is 14.5. The first-order valence-corrected chi connectivity index (χ1v) is 9.22. The molecule has 2 aliphatic rings. The molecule has 1 heterocycles. The molecule has 3 heteroatoms. The Kier molecular flexibility index (Phi) is 6.97. The zero-order valence-electron chi connectivity index (χ0n) is 14.5. The van der Waals surface area contributed by atoms with Crippen molar-refractivity contribution in [1.82, 2.24) is 10.2 Å². The molecule has 3 nitrogen and oxygen atoms in total. The lowest BCUT2D eigenvalue weighted by Gasteiger charge is -2.52. The summed E-state index contributed by atoms with van der Waals surface area (Å²) in [6.45, 7) is 12.1. The van der Waals surface area contributed by atoms with Gasteiger partial charge < -0.3 is 10.1 Å². The molecule has 1 aliphatic carbocycles. The number of hydrogen-bond acceptors (Lipinski definition) is 3. The van der Waals surface area contributed by atoms with E-state index >= 15 is 0 Å². The largest absolute Gasteiger partial charge is 0.380 e. The summed E-state index contributed by atoms with van der Waals surface area (Å²) >= 11 is 0. The molecule has 1 atom stereocenters. The van der Waals surface area contributed by atoms with E-state index < -0.39 is 0 Å². The Balaban J connectivity index is 1.88. The minimum atomic E-state index is 0.434. The lowest BCUT2D eigenvalue weighted by Crippen LogP contribution is -2.65. The smallest absolute Gasteiger partial charge is 0.0593 e. The molecule has 0 aromatic heterocycles. The third-order valence-electron chi connectivity index (χ3n) is 5.21. The Morgan fingerprint density at radius 2 is 2.00 bits per heavy atom. The van der Waals surface area contributed by atoms with E-state index in [0.29, 0.717) is 17.5 Å². The second kappa shape index (κ2) is 8.50. The Morgan fingerprint density at radius 3 is 2.67 bits per heavy atom. The molecular formula is C18H36N2O. The van der Waals surface area contributed by atoms with E-state index in [1.807, 2.05) is 0 Å². The van der Waals surface area contributed by atoms with E-state index in [2.05, 4.69) is 31.0 Å². The van der Waals surface area contributed by atoms with Crippen molar-refractivity contribution in [3.05, 3.63) is 0 Å². The quantitative estimate of drug-likeness (QED) is 0.728. The fourth-order valence-corrected chi connectivity index (χ4v) is 4.04. The van der Waals surface area contributed by atoms with Crippen LogP contribution in [0.25, 0.3) is 0 Å². The Labute approximate surface area is 131 Å². The maximum atomic E-state index is 5.86. The van der Waals surface area contributed by atoms with Gasteiger partial charge in [-0.3, -0.25) is 4.90 Å². The lowest BCUT2D eigenvalue weighted by molar-refractivity contribution is -0.0153. The van der Waals surface area contributed by atoms with Crippen LogP contribution in [0.15, 0.2) is 0 Å². The maximum Gasteiger partial charge on any atom is 0.0593 e. The lowest BCUT2D eigenvalue weighted by atomic mass is 9.78. The van der Waals surface area contributed by atoms with Crippen molar-refractivity contribution in [2.45, 2.75) is 77.3 Å². The van der Waals surface area contributed by atoms with Gasteiger partial charge in [-0.25, -0.2) is 0 Å². The first kappa shape index (κ1) is 17.2. The molecule has 0 radical (unpaired) electrons. The summed E-state index contributed by atoms with van der Waals surface area (Å²) in [6.07, 6.45) is 9.58. The first-order chi connectivity index (χ1) is 10.2. The third-order valence-corrected chi connectivity index (χ3v) is 5.21. The summed E-state index contributed by atoms with van der Waals surface area (Å²) in [5, 5.41) is 3.84. The van der Waals surface area contributed by atoms with Gasteiger partial charge in [-0.2, -0.15) is 0 Å². The van der Waals surface area contributed by atoms with Crippen LogP contribution >= 0.6 is 0 Å². The van der Waals surface area contributed by atoms with Gasteiger partial charge in [0, 0.05) is 37.8 Å². The summed E-state index contributed by atoms with van der Waals surface area (Å²) in [5.74, 6) is 0.643. The molecule has 1 saturated heterocycles. The first-order valence-electron chi connectivity index (χ1n) is 9.22. The van der Waals surface area contributed by atoms with Crippen LogP contribution in [-0.2, 0) is 4.74 Å². The molecule has 1 N–H and O–H groups in total. The van der Waals surface area contributed by atoms with Crippen LogP contribution in [0.1, 0.15) is 65.7 Å². The topological polar surface area (TPSA) is 24.5 Å². The highest BCUT2D eigenvalue weighted by Crippen LogP contribution is 2.35. The minimum absolute atomic E-state index is 0.434. The van der Waals surface area contributed by atoms with Crippen molar-refractivity contribution in [3.8, 4) is 0 Å². The fraction of sp³-hybridized carbons (Fsp3) is 1.00. The van der Waals surface area contributed by atoms with Crippen molar-refractivity contribution in [1.29, 1.82) is 0 Å². The molecule has 1 spiro atoms. The van der Waals surface area contributed by atoms with Crippen LogP contribution in [0.2, 0.25) is 0 Å². The monoisotopic (exact) mass is 296 g/mol. The average Bonchev–Trinajstić information content (AvgIpc) is 2.48. The predicted molar refractivity (Wildman–Crippen MR) is 89.7 cm³/mol. The Hall–Kier alpha value is -0.120. The van der Waals surface area contributed by atoms with Crippen LogP contribution in [0.5, 0.6) is 0 Å². The van der Waals surface area contributed by atoms with Crippen molar-refractivity contribution >= 4 is 0 Å². The van der Waals surface area contributed by atoms with Crippen molar-refractivity contribution < 1.29 is 4.74 Å². The molecule has 124 valence electrons. The average molecular weight is 296 g/mol. The van der Waals surface area contributed by atoms with Gasteiger partial charge in [-0.1, -0.05) is 46.5 Å². The number of nitrogens with one attached hydrogen (secondary N) is 1. The highest BCUT2D eigenvalue weighted by atomic mass is 16.5. The van der Waals surface area contributed by atoms with E-state index in [1.165, 1.54) is 58.0 Å². The number of nitrogens with zero attached hydrogens (tertiary/aromatic N) is 1. The second-order valence-corrected chi connectivity index (χ2v) is 7.57. The van der Waals surface area contributed by atoms with E-state index in [0.717, 1.165) is 19.8 Å². The van der Waals surface area contributed by atoms with Crippen LogP contribution in [0.4, 0.5) is 0 Å². The van der Waals surface area contributed by atoms with Crippen molar-refractivity contribution in [2.75, 3.05) is 32.8 Å². The standard InChI is InChI=1S/C18H36N2O/c1-4-8-17-13-20(11-12-21-14-16(2)3)18(15-19-17)9-6-5-7-10-18/h16-17,19H,4-15H2,1-3H3. The third kappa shape index (κ3) is 4.94. The molecular weight excluding hydrogens is 260 g/mol. The summed E-state index contributed by atoms with van der Waals surface area (Å²) in [5.41, 5.74) is 0.434. The van der Waals surface area contributed by atoms with Crippen LogP contribution in [0, 0.1) is 5.92 Å². The Bertz CT molecular complexity index is 287. The van der Waals surface area contributed by atoms with E-state index in [-0.39, 0.29) is 0 Å². The van der Waals surface area contributed by atoms with Crippen LogP contribution < -0.4 is 5.32 Å². The fourth-order valence-electron chi connectivity index (χ4n) is 4.04. The Morgan fingerprint density at radius 1 is 1.24 bits per heavy atom. The van der Waals surface area contributed by atoms with Gasteiger partial charge in [0.05, 0.1) is 6.61 Å². The minimum Gasteiger partial charge on any atom is -0.380 e. The van der Waals surface area contributed by atoms with Gasteiger partial charge in [0.1, 0.15) is 0 Å². The molecule has 2 fully saturated rings. The van der Waals surface area contributed by atoms with Crippen molar-refractivity contribution in [3.63, 3.8) is 0 Å². The number of hydrogen-bond donors (Lipinski definition) is 1. The molecule has 1 aliphatic heterocycles. The van der Waals surface area contributed by atoms with Crippen LogP contribution in [-0.4, -0.2) is 49.3 Å². The van der Waals surface area contributed by atoms with Gasteiger partial charge in [0.15, 0.2) is 0 Å². The van der Waals surface area contributed by atoms with E-state index in [1.54, 1.807) is 0 Å². The zero-order chi connectivity index (χ0) is 15.1.